The smallest absolute Gasteiger partial charge is 0.243 e. The average Bonchev–Trinajstić information content (AvgIpc) is 2.88. The molecule has 118 valence electrons. The highest BCUT2D eigenvalue weighted by atomic mass is 16.5. The Labute approximate surface area is 129 Å². The van der Waals surface area contributed by atoms with Gasteiger partial charge in [0.05, 0.1) is 6.61 Å². The maximum absolute atomic E-state index is 11.8. The Hall–Kier alpha value is -2.28. The summed E-state index contributed by atoms with van der Waals surface area (Å²) in [5, 5.41) is 14.9. The van der Waals surface area contributed by atoms with Crippen molar-refractivity contribution in [3.8, 4) is 0 Å². The Morgan fingerprint density at radius 3 is 2.77 bits per heavy atom. The Balaban J connectivity index is 1.88. The minimum absolute atomic E-state index is 0.0481. The highest BCUT2D eigenvalue weighted by molar-refractivity contribution is 5.75. The third-order valence-electron chi connectivity index (χ3n) is 3.09. The summed E-state index contributed by atoms with van der Waals surface area (Å²) in [5.41, 5.74) is 2.32. The second kappa shape index (κ2) is 7.65. The van der Waals surface area contributed by atoms with Crippen LogP contribution in [0.2, 0.25) is 0 Å². The van der Waals surface area contributed by atoms with Crippen molar-refractivity contribution in [2.45, 2.75) is 32.9 Å². The van der Waals surface area contributed by atoms with E-state index in [9.17, 15) is 4.79 Å². The third-order valence-corrected chi connectivity index (χ3v) is 3.09. The predicted molar refractivity (Wildman–Crippen MR) is 81.3 cm³/mol. The lowest BCUT2D eigenvalue weighted by atomic mass is 10.1. The van der Waals surface area contributed by atoms with E-state index in [1.807, 2.05) is 38.1 Å². The fourth-order valence-corrected chi connectivity index (χ4v) is 2.04. The summed E-state index contributed by atoms with van der Waals surface area (Å²) in [7, 11) is 1.60. The van der Waals surface area contributed by atoms with Crippen LogP contribution in [-0.4, -0.2) is 45.9 Å². The minimum Gasteiger partial charge on any atom is -0.383 e. The molecule has 0 aliphatic rings. The number of carbonyl (C=O) groups is 1. The topological polar surface area (TPSA) is 81.9 Å². The van der Waals surface area contributed by atoms with Gasteiger partial charge in [0.15, 0.2) is 5.82 Å². The number of benzene rings is 1. The molecule has 0 unspecified atom stereocenters. The van der Waals surface area contributed by atoms with Crippen molar-refractivity contribution in [2.24, 2.45) is 0 Å². The second-order valence-corrected chi connectivity index (χ2v) is 5.32. The molecule has 1 aromatic carbocycles. The largest absolute Gasteiger partial charge is 0.383 e. The number of amides is 1. The molecule has 0 bridgehead atoms. The highest BCUT2D eigenvalue weighted by Crippen LogP contribution is 2.06. The first-order chi connectivity index (χ1) is 10.6. The number of aryl methyl sites for hydroxylation is 1. The van der Waals surface area contributed by atoms with Gasteiger partial charge < -0.3 is 10.1 Å². The molecule has 7 nitrogen and oxygen atoms in total. The molecule has 0 aliphatic carbocycles. The summed E-state index contributed by atoms with van der Waals surface area (Å²) in [6, 6.07) is 8.12. The predicted octanol–water partition coefficient (Wildman–Crippen LogP) is 0.723. The van der Waals surface area contributed by atoms with Crippen LogP contribution in [0.15, 0.2) is 24.3 Å². The number of ether oxygens (including phenoxy) is 1. The van der Waals surface area contributed by atoms with Gasteiger partial charge in [0.25, 0.3) is 0 Å². The van der Waals surface area contributed by atoms with Gasteiger partial charge in [0.1, 0.15) is 6.54 Å². The van der Waals surface area contributed by atoms with E-state index in [0.717, 1.165) is 5.56 Å². The van der Waals surface area contributed by atoms with Crippen LogP contribution >= 0.6 is 0 Å². The summed E-state index contributed by atoms with van der Waals surface area (Å²) < 4.78 is 4.97. The van der Waals surface area contributed by atoms with Crippen LogP contribution in [0.25, 0.3) is 0 Å². The van der Waals surface area contributed by atoms with Gasteiger partial charge in [-0.15, -0.1) is 10.2 Å². The lowest BCUT2D eigenvalue weighted by Gasteiger charge is -2.11. The van der Waals surface area contributed by atoms with Crippen LogP contribution in [-0.2, 0) is 22.5 Å². The van der Waals surface area contributed by atoms with Gasteiger partial charge >= 0.3 is 0 Å². The van der Waals surface area contributed by atoms with Crippen LogP contribution in [0.3, 0.4) is 0 Å². The second-order valence-electron chi connectivity index (χ2n) is 5.32. The quantitative estimate of drug-likeness (QED) is 0.815. The molecule has 1 N–H and O–H groups in total. The number of carbonyl (C=O) groups excluding carboxylic acids is 1. The zero-order valence-corrected chi connectivity index (χ0v) is 13.1. The Morgan fingerprint density at radius 1 is 1.36 bits per heavy atom. The maximum atomic E-state index is 11.8. The summed E-state index contributed by atoms with van der Waals surface area (Å²) in [6.45, 7) is 4.44. The number of rotatable bonds is 7. The zero-order valence-electron chi connectivity index (χ0n) is 13.1. The van der Waals surface area contributed by atoms with Crippen molar-refractivity contribution in [2.75, 3.05) is 13.7 Å². The molecule has 1 heterocycles. The molecule has 1 aromatic heterocycles. The number of methoxy groups -OCH3 is 1. The maximum Gasteiger partial charge on any atom is 0.243 e. The monoisotopic (exact) mass is 303 g/mol. The molecule has 2 rings (SSSR count). The van der Waals surface area contributed by atoms with Gasteiger partial charge in [-0.3, -0.25) is 4.79 Å². The molecule has 1 atom stereocenters. The van der Waals surface area contributed by atoms with Crippen molar-refractivity contribution < 1.29 is 9.53 Å². The average molecular weight is 303 g/mol. The lowest BCUT2D eigenvalue weighted by molar-refractivity contribution is -0.123. The van der Waals surface area contributed by atoms with E-state index >= 15 is 0 Å². The summed E-state index contributed by atoms with van der Waals surface area (Å²) >= 11 is 0. The van der Waals surface area contributed by atoms with E-state index in [1.54, 1.807) is 7.11 Å². The van der Waals surface area contributed by atoms with Crippen molar-refractivity contribution in [1.82, 2.24) is 25.5 Å². The number of hydrogen-bond acceptors (Lipinski definition) is 5. The minimum atomic E-state index is -0.163. The van der Waals surface area contributed by atoms with Gasteiger partial charge in [-0.1, -0.05) is 29.8 Å². The van der Waals surface area contributed by atoms with Crippen molar-refractivity contribution in [1.29, 1.82) is 0 Å². The van der Waals surface area contributed by atoms with E-state index in [2.05, 4.69) is 20.7 Å². The van der Waals surface area contributed by atoms with Crippen LogP contribution in [0.5, 0.6) is 0 Å². The first-order valence-electron chi connectivity index (χ1n) is 7.17. The van der Waals surface area contributed by atoms with Crippen molar-refractivity contribution >= 4 is 5.91 Å². The van der Waals surface area contributed by atoms with Crippen LogP contribution < -0.4 is 5.32 Å². The standard InChI is InChI=1S/C15H21N5O2/c1-11-4-6-13(7-5-11)8-14-17-19-20(18-14)9-15(21)16-12(2)10-22-3/h4-7,12H,8-10H2,1-3H3,(H,16,21)/t12-/m0/s1. The molecule has 0 radical (unpaired) electrons. The molecular formula is C15H21N5O2. The Kier molecular flexibility index (Phi) is 5.60. The molecule has 0 saturated heterocycles. The lowest BCUT2D eigenvalue weighted by Crippen LogP contribution is -2.38. The summed E-state index contributed by atoms with van der Waals surface area (Å²) in [5.74, 6) is 0.436. The third kappa shape index (κ3) is 4.92. The molecule has 0 spiro atoms. The summed E-state index contributed by atoms with van der Waals surface area (Å²) in [6.07, 6.45) is 0.599. The van der Waals surface area contributed by atoms with Crippen LogP contribution in [0, 0.1) is 6.92 Å². The van der Waals surface area contributed by atoms with Crippen molar-refractivity contribution in [3.63, 3.8) is 0 Å². The van der Waals surface area contributed by atoms with Gasteiger partial charge in [0, 0.05) is 19.6 Å². The zero-order chi connectivity index (χ0) is 15.9. The van der Waals surface area contributed by atoms with Gasteiger partial charge in [-0.05, 0) is 24.6 Å². The van der Waals surface area contributed by atoms with E-state index in [0.29, 0.717) is 18.9 Å². The number of hydrogen-bond donors (Lipinski definition) is 1. The number of aromatic nitrogens is 4. The van der Waals surface area contributed by atoms with E-state index in [-0.39, 0.29) is 18.5 Å². The molecule has 0 fully saturated rings. The molecule has 2 aromatic rings. The fourth-order valence-electron chi connectivity index (χ4n) is 2.04. The van der Waals surface area contributed by atoms with Crippen LogP contribution in [0.1, 0.15) is 23.9 Å². The molecule has 22 heavy (non-hydrogen) atoms. The highest BCUT2D eigenvalue weighted by Gasteiger charge is 2.10. The first kappa shape index (κ1) is 16.1. The molecule has 0 saturated carbocycles. The van der Waals surface area contributed by atoms with Gasteiger partial charge in [0.2, 0.25) is 5.91 Å². The van der Waals surface area contributed by atoms with E-state index in [1.165, 1.54) is 10.4 Å². The molecule has 1 amide bonds. The number of nitrogens with zero attached hydrogens (tertiary/aromatic N) is 4. The fraction of sp³-hybridized carbons (Fsp3) is 0.467. The van der Waals surface area contributed by atoms with Gasteiger partial charge in [-0.2, -0.15) is 4.80 Å². The van der Waals surface area contributed by atoms with E-state index in [4.69, 9.17) is 4.74 Å². The Morgan fingerprint density at radius 2 is 2.09 bits per heavy atom. The molecule has 7 heteroatoms. The SMILES string of the molecule is COC[C@H](C)NC(=O)Cn1nnc(Cc2ccc(C)cc2)n1. The van der Waals surface area contributed by atoms with Crippen LogP contribution in [0.4, 0.5) is 0 Å². The number of nitrogens with one attached hydrogen (secondary N) is 1. The first-order valence-corrected chi connectivity index (χ1v) is 7.17. The normalized spacial score (nSPS) is 12.1. The molecular weight excluding hydrogens is 282 g/mol. The van der Waals surface area contributed by atoms with Crippen molar-refractivity contribution in [3.05, 3.63) is 41.2 Å². The van der Waals surface area contributed by atoms with Gasteiger partial charge in [-0.25, -0.2) is 0 Å². The van der Waals surface area contributed by atoms with E-state index < -0.39 is 0 Å². The summed E-state index contributed by atoms with van der Waals surface area (Å²) in [4.78, 5) is 13.1. The Bertz CT molecular complexity index is 609. The number of tetrazole rings is 1. The molecule has 0 aliphatic heterocycles.